The fraction of sp³-hybridized carbons (Fsp3) is 0.0870. The number of fused-ring (bicyclic) bond motifs is 1. The van der Waals surface area contributed by atoms with Crippen LogP contribution in [-0.2, 0) is 16.1 Å². The molecule has 2 heterocycles. The van der Waals surface area contributed by atoms with Crippen molar-refractivity contribution in [1.82, 2.24) is 15.8 Å². The van der Waals surface area contributed by atoms with Crippen LogP contribution in [0.15, 0.2) is 83.5 Å². The molecule has 0 fully saturated rings. The van der Waals surface area contributed by atoms with Gasteiger partial charge in [0.25, 0.3) is 11.8 Å². The zero-order chi connectivity index (χ0) is 20.8. The third-order valence-electron chi connectivity index (χ3n) is 4.39. The van der Waals surface area contributed by atoms with Crippen LogP contribution in [0, 0.1) is 0 Å². The molecule has 0 aliphatic carbocycles. The number of amides is 2. The van der Waals surface area contributed by atoms with Gasteiger partial charge in [-0.3, -0.25) is 20.4 Å². The monoisotopic (exact) mass is 401 g/mol. The predicted molar refractivity (Wildman–Crippen MR) is 111 cm³/mol. The summed E-state index contributed by atoms with van der Waals surface area (Å²) in [5, 5.41) is 0.667. The molecule has 0 unspecified atom stereocenters. The van der Waals surface area contributed by atoms with Gasteiger partial charge in [0.2, 0.25) is 0 Å². The molecule has 0 saturated carbocycles. The quantitative estimate of drug-likeness (QED) is 0.483. The Labute approximate surface area is 172 Å². The van der Waals surface area contributed by atoms with Gasteiger partial charge >= 0.3 is 0 Å². The third-order valence-corrected chi connectivity index (χ3v) is 4.39. The predicted octanol–water partition coefficient (Wildman–Crippen LogP) is 3.47. The first-order chi connectivity index (χ1) is 14.7. The van der Waals surface area contributed by atoms with Gasteiger partial charge < -0.3 is 9.15 Å². The Bertz CT molecular complexity index is 1160. The summed E-state index contributed by atoms with van der Waals surface area (Å²) in [6, 6.07) is 22.0. The van der Waals surface area contributed by atoms with Crippen LogP contribution in [0.1, 0.15) is 15.9 Å². The van der Waals surface area contributed by atoms with Crippen molar-refractivity contribution in [1.29, 1.82) is 0 Å². The van der Waals surface area contributed by atoms with Gasteiger partial charge in [-0.2, -0.15) is 0 Å². The number of nitrogens with one attached hydrogen (secondary N) is 2. The molecule has 2 aromatic carbocycles. The number of para-hydroxylation sites is 1. The fourth-order valence-corrected chi connectivity index (χ4v) is 2.98. The number of aromatic nitrogens is 1. The molecule has 0 spiro atoms. The first-order valence-electron chi connectivity index (χ1n) is 9.35. The van der Waals surface area contributed by atoms with Gasteiger partial charge in [0.05, 0.1) is 24.0 Å². The maximum absolute atomic E-state index is 12.8. The minimum absolute atomic E-state index is 0.177. The summed E-state index contributed by atoms with van der Waals surface area (Å²) in [5.41, 5.74) is 7.32. The molecule has 7 nitrogen and oxygen atoms in total. The standard InChI is InChI=1S/C23H19N3O4/c27-22(15-29-14-16-7-2-1-3-8-16)25-26-23(28)18-13-20(21-11-6-12-30-21)24-19-10-5-4-9-17(18)19/h1-13H,14-15H2,(H,25,27)(H,26,28). The maximum Gasteiger partial charge on any atom is 0.270 e. The molecule has 7 heteroatoms. The lowest BCUT2D eigenvalue weighted by molar-refractivity contribution is -0.126. The molecule has 2 aromatic heterocycles. The van der Waals surface area contributed by atoms with Crippen LogP contribution in [0.25, 0.3) is 22.4 Å². The molecule has 2 amide bonds. The molecule has 4 aromatic rings. The van der Waals surface area contributed by atoms with E-state index in [4.69, 9.17) is 9.15 Å². The average molecular weight is 401 g/mol. The Kier molecular flexibility index (Phi) is 5.82. The van der Waals surface area contributed by atoms with E-state index < -0.39 is 11.8 Å². The molecule has 0 aliphatic rings. The number of furan rings is 1. The van der Waals surface area contributed by atoms with E-state index in [0.29, 0.717) is 34.5 Å². The number of ether oxygens (including phenoxy) is 1. The van der Waals surface area contributed by atoms with Gasteiger partial charge in [-0.25, -0.2) is 4.98 Å². The highest BCUT2D eigenvalue weighted by atomic mass is 16.5. The Balaban J connectivity index is 1.42. The van der Waals surface area contributed by atoms with Crippen molar-refractivity contribution in [3.63, 3.8) is 0 Å². The highest BCUT2D eigenvalue weighted by Gasteiger charge is 2.15. The summed E-state index contributed by atoms with van der Waals surface area (Å²) in [5.74, 6) is -0.366. The Morgan fingerprint density at radius 2 is 1.73 bits per heavy atom. The molecule has 2 N–H and O–H groups in total. The van der Waals surface area contributed by atoms with Crippen molar-refractivity contribution in [2.75, 3.05) is 6.61 Å². The number of hydrogen-bond acceptors (Lipinski definition) is 5. The summed E-state index contributed by atoms with van der Waals surface area (Å²) < 4.78 is 10.8. The lowest BCUT2D eigenvalue weighted by Gasteiger charge is -2.11. The Hall–Kier alpha value is -3.97. The minimum Gasteiger partial charge on any atom is -0.463 e. The van der Waals surface area contributed by atoms with E-state index in [0.717, 1.165) is 5.56 Å². The number of nitrogens with zero attached hydrogens (tertiary/aromatic N) is 1. The largest absolute Gasteiger partial charge is 0.463 e. The number of benzene rings is 2. The van der Waals surface area contributed by atoms with Gasteiger partial charge in [-0.1, -0.05) is 48.5 Å². The first-order valence-corrected chi connectivity index (χ1v) is 9.35. The van der Waals surface area contributed by atoms with Crippen LogP contribution < -0.4 is 10.9 Å². The van der Waals surface area contributed by atoms with E-state index in [9.17, 15) is 9.59 Å². The van der Waals surface area contributed by atoms with E-state index in [1.165, 1.54) is 0 Å². The van der Waals surface area contributed by atoms with E-state index in [1.54, 1.807) is 30.5 Å². The molecule has 0 radical (unpaired) electrons. The average Bonchev–Trinajstić information content (AvgIpc) is 3.32. The van der Waals surface area contributed by atoms with Crippen LogP contribution in [-0.4, -0.2) is 23.4 Å². The molecule has 30 heavy (non-hydrogen) atoms. The lowest BCUT2D eigenvalue weighted by Crippen LogP contribution is -2.43. The zero-order valence-corrected chi connectivity index (χ0v) is 16.0. The molecule has 0 aliphatic heterocycles. The van der Waals surface area contributed by atoms with Crippen molar-refractivity contribution in [3.8, 4) is 11.5 Å². The molecular formula is C23H19N3O4. The van der Waals surface area contributed by atoms with Crippen LogP contribution >= 0.6 is 0 Å². The minimum atomic E-state index is -0.460. The van der Waals surface area contributed by atoms with Gasteiger partial charge in [0, 0.05) is 5.39 Å². The highest BCUT2D eigenvalue weighted by molar-refractivity contribution is 6.07. The van der Waals surface area contributed by atoms with Crippen LogP contribution in [0.3, 0.4) is 0 Å². The lowest BCUT2D eigenvalue weighted by atomic mass is 10.1. The Morgan fingerprint density at radius 1 is 0.933 bits per heavy atom. The number of carbonyl (C=O) groups excluding carboxylic acids is 2. The molecule has 0 saturated heterocycles. The highest BCUT2D eigenvalue weighted by Crippen LogP contribution is 2.25. The second-order valence-electron chi connectivity index (χ2n) is 6.53. The van der Waals surface area contributed by atoms with Crippen LogP contribution in [0.4, 0.5) is 0 Å². The summed E-state index contributed by atoms with van der Waals surface area (Å²) in [4.78, 5) is 29.3. The number of hydrogen-bond donors (Lipinski definition) is 2. The van der Waals surface area contributed by atoms with Crippen molar-refractivity contribution < 1.29 is 18.7 Å². The molecule has 4 rings (SSSR count). The molecule has 150 valence electrons. The third kappa shape index (κ3) is 4.53. The summed E-state index contributed by atoms with van der Waals surface area (Å²) in [6.07, 6.45) is 1.54. The molecule has 0 atom stereocenters. The van der Waals surface area contributed by atoms with Gasteiger partial charge in [-0.05, 0) is 29.8 Å². The summed E-state index contributed by atoms with van der Waals surface area (Å²) in [7, 11) is 0. The molecular weight excluding hydrogens is 382 g/mol. The van der Waals surface area contributed by atoms with Crippen molar-refractivity contribution in [2.24, 2.45) is 0 Å². The van der Waals surface area contributed by atoms with Crippen molar-refractivity contribution in [2.45, 2.75) is 6.61 Å². The van der Waals surface area contributed by atoms with E-state index >= 15 is 0 Å². The number of rotatable bonds is 6. The van der Waals surface area contributed by atoms with Gasteiger partial charge in [0.1, 0.15) is 12.3 Å². The second kappa shape index (κ2) is 9.02. The van der Waals surface area contributed by atoms with Crippen LogP contribution in [0.5, 0.6) is 0 Å². The van der Waals surface area contributed by atoms with E-state index in [2.05, 4.69) is 15.8 Å². The van der Waals surface area contributed by atoms with E-state index in [1.807, 2.05) is 48.5 Å². The number of hydrazine groups is 1. The SMILES string of the molecule is O=C(COCc1ccccc1)NNC(=O)c1cc(-c2ccco2)nc2ccccc12. The number of pyridine rings is 1. The first kappa shape index (κ1) is 19.4. The topological polar surface area (TPSA) is 93.5 Å². The maximum atomic E-state index is 12.8. The zero-order valence-electron chi connectivity index (χ0n) is 16.0. The Morgan fingerprint density at radius 3 is 2.53 bits per heavy atom. The van der Waals surface area contributed by atoms with Crippen molar-refractivity contribution in [3.05, 3.63) is 90.2 Å². The van der Waals surface area contributed by atoms with E-state index in [-0.39, 0.29) is 6.61 Å². The summed E-state index contributed by atoms with van der Waals surface area (Å²) >= 11 is 0. The number of carbonyl (C=O) groups is 2. The summed E-state index contributed by atoms with van der Waals surface area (Å²) in [6.45, 7) is 0.133. The van der Waals surface area contributed by atoms with Crippen LogP contribution in [0.2, 0.25) is 0 Å². The molecule has 0 bridgehead atoms. The fourth-order valence-electron chi connectivity index (χ4n) is 2.98. The van der Waals surface area contributed by atoms with Crippen molar-refractivity contribution >= 4 is 22.7 Å². The smallest absolute Gasteiger partial charge is 0.270 e. The van der Waals surface area contributed by atoms with Gasteiger partial charge in [-0.15, -0.1) is 0 Å². The second-order valence-corrected chi connectivity index (χ2v) is 6.53. The van der Waals surface area contributed by atoms with Gasteiger partial charge in [0.15, 0.2) is 5.76 Å². The normalized spacial score (nSPS) is 10.7.